The van der Waals surface area contributed by atoms with E-state index in [2.05, 4.69) is 9.97 Å². The largest absolute Gasteiger partial charge is 0.369 e. The normalized spacial score (nSPS) is 22.3. The lowest BCUT2D eigenvalue weighted by Gasteiger charge is -2.20. The molecule has 0 bridgehead atoms. The smallest absolute Gasteiger partial charge is 0.197 e. The Hall–Kier alpha value is -1.04. The van der Waals surface area contributed by atoms with Crippen LogP contribution in [0.3, 0.4) is 0 Å². The van der Waals surface area contributed by atoms with Crippen LogP contribution in [-0.2, 0) is 9.84 Å². The van der Waals surface area contributed by atoms with Crippen molar-refractivity contribution in [2.24, 2.45) is 0 Å². The molecule has 1 aromatic rings. The van der Waals surface area contributed by atoms with Gasteiger partial charge in [-0.25, -0.2) is 13.4 Å². The minimum Gasteiger partial charge on any atom is -0.369 e. The van der Waals surface area contributed by atoms with E-state index in [4.69, 9.17) is 5.73 Å². The van der Waals surface area contributed by atoms with Crippen molar-refractivity contribution in [2.45, 2.75) is 18.8 Å². The van der Waals surface area contributed by atoms with Gasteiger partial charge in [-0.1, -0.05) is 0 Å². The van der Waals surface area contributed by atoms with Gasteiger partial charge in [0, 0.05) is 11.6 Å². The molecule has 1 aliphatic rings. The summed E-state index contributed by atoms with van der Waals surface area (Å²) in [5, 5.41) is 0. The standard InChI is InChI=1S/C8H13N3O2S/c9-8-10-5-7(11-8)6-1-3-14(12,13)4-2-6/h5-6H,1-4H2,(H3,9,10,11). The first-order valence-corrected chi connectivity index (χ1v) is 6.40. The Morgan fingerprint density at radius 2 is 2.07 bits per heavy atom. The van der Waals surface area contributed by atoms with Gasteiger partial charge in [-0.2, -0.15) is 0 Å². The monoisotopic (exact) mass is 215 g/mol. The summed E-state index contributed by atoms with van der Waals surface area (Å²) in [4.78, 5) is 6.85. The van der Waals surface area contributed by atoms with E-state index in [1.165, 1.54) is 0 Å². The Morgan fingerprint density at radius 1 is 1.43 bits per heavy atom. The number of nitrogens with one attached hydrogen (secondary N) is 1. The van der Waals surface area contributed by atoms with Crippen LogP contribution in [0.1, 0.15) is 24.5 Å². The Labute approximate surface area is 82.6 Å². The SMILES string of the molecule is Nc1ncc(C2CCS(=O)(=O)CC2)[nH]1. The van der Waals surface area contributed by atoms with Gasteiger partial charge in [0.15, 0.2) is 5.95 Å². The predicted molar refractivity (Wildman–Crippen MR) is 53.6 cm³/mol. The van der Waals surface area contributed by atoms with Crippen LogP contribution in [-0.4, -0.2) is 29.9 Å². The highest BCUT2D eigenvalue weighted by atomic mass is 32.2. The summed E-state index contributed by atoms with van der Waals surface area (Å²) >= 11 is 0. The topological polar surface area (TPSA) is 88.8 Å². The fourth-order valence-corrected chi connectivity index (χ4v) is 3.25. The molecular weight excluding hydrogens is 202 g/mol. The fourth-order valence-electron chi connectivity index (χ4n) is 1.76. The molecule has 0 radical (unpaired) electrons. The highest BCUT2D eigenvalue weighted by Gasteiger charge is 2.25. The van der Waals surface area contributed by atoms with Gasteiger partial charge >= 0.3 is 0 Å². The van der Waals surface area contributed by atoms with Gasteiger partial charge in [0.1, 0.15) is 9.84 Å². The molecule has 0 aliphatic carbocycles. The van der Waals surface area contributed by atoms with Crippen LogP contribution < -0.4 is 5.73 Å². The third-order valence-corrected chi connectivity index (χ3v) is 4.33. The van der Waals surface area contributed by atoms with Gasteiger partial charge in [-0.3, -0.25) is 0 Å². The average Bonchev–Trinajstić information content (AvgIpc) is 2.52. The number of anilines is 1. The molecule has 1 saturated heterocycles. The van der Waals surface area contributed by atoms with Crippen molar-refractivity contribution in [1.29, 1.82) is 0 Å². The third-order valence-electron chi connectivity index (χ3n) is 2.61. The molecule has 1 fully saturated rings. The van der Waals surface area contributed by atoms with Crippen molar-refractivity contribution in [3.8, 4) is 0 Å². The maximum absolute atomic E-state index is 11.2. The molecule has 14 heavy (non-hydrogen) atoms. The molecule has 5 nitrogen and oxygen atoms in total. The summed E-state index contributed by atoms with van der Waals surface area (Å²) in [5.41, 5.74) is 6.41. The first kappa shape index (κ1) is 9.51. The molecule has 0 spiro atoms. The molecule has 0 amide bonds. The number of nitrogen functional groups attached to an aromatic ring is 1. The summed E-state index contributed by atoms with van der Waals surface area (Å²) in [7, 11) is -2.78. The molecule has 2 rings (SSSR count). The van der Waals surface area contributed by atoms with Crippen LogP contribution in [0.5, 0.6) is 0 Å². The van der Waals surface area contributed by atoms with Crippen LogP contribution in [0.15, 0.2) is 6.20 Å². The molecule has 2 heterocycles. The molecular formula is C8H13N3O2S. The number of aromatic amines is 1. The maximum Gasteiger partial charge on any atom is 0.197 e. The number of aromatic nitrogens is 2. The third kappa shape index (κ3) is 1.89. The van der Waals surface area contributed by atoms with E-state index in [1.807, 2.05) is 0 Å². The fraction of sp³-hybridized carbons (Fsp3) is 0.625. The van der Waals surface area contributed by atoms with Gasteiger partial charge in [0.25, 0.3) is 0 Å². The van der Waals surface area contributed by atoms with Gasteiger partial charge in [-0.05, 0) is 12.8 Å². The van der Waals surface area contributed by atoms with Gasteiger partial charge in [0.2, 0.25) is 0 Å². The second-order valence-electron chi connectivity index (χ2n) is 3.65. The Balaban J connectivity index is 2.09. The van der Waals surface area contributed by atoms with Crippen LogP contribution in [0, 0.1) is 0 Å². The number of sulfone groups is 1. The van der Waals surface area contributed by atoms with Crippen molar-refractivity contribution >= 4 is 15.8 Å². The minimum absolute atomic E-state index is 0.267. The van der Waals surface area contributed by atoms with Gasteiger partial charge in [-0.15, -0.1) is 0 Å². The maximum atomic E-state index is 11.2. The van der Waals surface area contributed by atoms with E-state index in [0.29, 0.717) is 18.8 Å². The van der Waals surface area contributed by atoms with Crippen LogP contribution in [0.4, 0.5) is 5.95 Å². The van der Waals surface area contributed by atoms with E-state index in [0.717, 1.165) is 5.69 Å². The second-order valence-corrected chi connectivity index (χ2v) is 5.95. The van der Waals surface area contributed by atoms with Crippen molar-refractivity contribution < 1.29 is 8.42 Å². The highest BCUT2D eigenvalue weighted by Crippen LogP contribution is 2.27. The number of rotatable bonds is 1. The first-order valence-electron chi connectivity index (χ1n) is 4.58. The summed E-state index contributed by atoms with van der Waals surface area (Å²) in [6.45, 7) is 0. The Bertz CT molecular complexity index is 410. The van der Waals surface area contributed by atoms with Gasteiger partial charge < -0.3 is 10.7 Å². The molecule has 0 aromatic carbocycles. The van der Waals surface area contributed by atoms with E-state index in [9.17, 15) is 8.42 Å². The number of hydrogen-bond acceptors (Lipinski definition) is 4. The molecule has 0 unspecified atom stereocenters. The molecule has 6 heteroatoms. The van der Waals surface area contributed by atoms with Crippen molar-refractivity contribution in [3.63, 3.8) is 0 Å². The number of H-pyrrole nitrogens is 1. The number of hydrogen-bond donors (Lipinski definition) is 2. The Kier molecular flexibility index (Phi) is 2.22. The number of imidazole rings is 1. The van der Waals surface area contributed by atoms with E-state index < -0.39 is 9.84 Å². The summed E-state index contributed by atoms with van der Waals surface area (Å²) in [6.07, 6.45) is 3.03. The van der Waals surface area contributed by atoms with E-state index in [-0.39, 0.29) is 17.4 Å². The Morgan fingerprint density at radius 3 is 2.57 bits per heavy atom. The zero-order valence-electron chi connectivity index (χ0n) is 7.73. The minimum atomic E-state index is -2.78. The quantitative estimate of drug-likeness (QED) is 0.704. The number of nitrogens with two attached hydrogens (primary N) is 1. The molecule has 1 aromatic heterocycles. The first-order chi connectivity index (χ1) is 6.57. The second kappa shape index (κ2) is 3.27. The van der Waals surface area contributed by atoms with Gasteiger partial charge in [0.05, 0.1) is 17.7 Å². The van der Waals surface area contributed by atoms with E-state index in [1.54, 1.807) is 6.20 Å². The number of nitrogens with zero attached hydrogens (tertiary/aromatic N) is 1. The lowest BCUT2D eigenvalue weighted by atomic mass is 10.00. The molecule has 3 N–H and O–H groups in total. The highest BCUT2D eigenvalue weighted by molar-refractivity contribution is 7.91. The predicted octanol–water partition coefficient (Wildman–Crippen LogP) is 0.284. The lowest BCUT2D eigenvalue weighted by Crippen LogP contribution is -2.22. The summed E-state index contributed by atoms with van der Waals surface area (Å²) in [5.74, 6) is 1.21. The van der Waals surface area contributed by atoms with Crippen molar-refractivity contribution in [1.82, 2.24) is 9.97 Å². The van der Waals surface area contributed by atoms with Crippen molar-refractivity contribution in [2.75, 3.05) is 17.2 Å². The van der Waals surface area contributed by atoms with Crippen LogP contribution in [0.25, 0.3) is 0 Å². The zero-order valence-corrected chi connectivity index (χ0v) is 8.55. The zero-order chi connectivity index (χ0) is 10.2. The van der Waals surface area contributed by atoms with Crippen molar-refractivity contribution in [3.05, 3.63) is 11.9 Å². The van der Waals surface area contributed by atoms with E-state index >= 15 is 0 Å². The van der Waals surface area contributed by atoms with Crippen LogP contribution >= 0.6 is 0 Å². The summed E-state index contributed by atoms with van der Waals surface area (Å²) < 4.78 is 22.4. The molecule has 1 aliphatic heterocycles. The average molecular weight is 215 g/mol. The molecule has 0 saturated carbocycles. The molecule has 78 valence electrons. The summed E-state index contributed by atoms with van der Waals surface area (Å²) in [6, 6.07) is 0. The lowest BCUT2D eigenvalue weighted by molar-refractivity contribution is 0.545. The van der Waals surface area contributed by atoms with Crippen LogP contribution in [0.2, 0.25) is 0 Å². The molecule has 0 atom stereocenters.